The van der Waals surface area contributed by atoms with Crippen LogP contribution in [0.5, 0.6) is 0 Å². The molecule has 132 valence electrons. The second kappa shape index (κ2) is 6.64. The second-order valence-corrected chi connectivity index (χ2v) is 6.31. The number of carbonyl (C=O) groups excluding carboxylic acids is 1. The van der Waals surface area contributed by atoms with Gasteiger partial charge in [0, 0.05) is 44.2 Å². The average Bonchev–Trinajstić information content (AvgIpc) is 2.98. The molecule has 0 radical (unpaired) electrons. The van der Waals surface area contributed by atoms with Crippen molar-refractivity contribution >= 4 is 17.2 Å². The lowest BCUT2D eigenvalue weighted by atomic mass is 10.1. The number of hydrogen-bond donors (Lipinski definition) is 0. The summed E-state index contributed by atoms with van der Waals surface area (Å²) in [5.74, 6) is -0.0958. The summed E-state index contributed by atoms with van der Waals surface area (Å²) in [6.45, 7) is 5.01. The van der Waals surface area contributed by atoms with Crippen LogP contribution in [0.25, 0.3) is 0 Å². The average molecular weight is 344 g/mol. The molecule has 2 heterocycles. The van der Waals surface area contributed by atoms with Crippen LogP contribution < -0.4 is 4.90 Å². The number of rotatable bonds is 4. The van der Waals surface area contributed by atoms with Crippen molar-refractivity contribution < 1.29 is 14.5 Å². The van der Waals surface area contributed by atoms with E-state index in [-0.39, 0.29) is 35.1 Å². The third-order valence-corrected chi connectivity index (χ3v) is 4.22. The van der Waals surface area contributed by atoms with Gasteiger partial charge in [-0.3, -0.25) is 14.9 Å². The largest absolute Gasteiger partial charge is 0.372 e. The van der Waals surface area contributed by atoms with E-state index in [1.165, 1.54) is 12.3 Å². The number of aromatic nitrogens is 2. The zero-order valence-corrected chi connectivity index (χ0v) is 14.4. The van der Waals surface area contributed by atoms with Gasteiger partial charge < -0.3 is 14.2 Å². The molecule has 0 bridgehead atoms. The van der Waals surface area contributed by atoms with Crippen molar-refractivity contribution in [2.24, 2.45) is 7.05 Å². The highest BCUT2D eigenvalue weighted by molar-refractivity contribution is 6.07. The van der Waals surface area contributed by atoms with E-state index in [1.807, 2.05) is 18.7 Å². The fraction of sp³-hybridized carbons (Fsp3) is 0.412. The molecule has 8 heteroatoms. The molecule has 1 aromatic heterocycles. The Morgan fingerprint density at radius 2 is 2.00 bits per heavy atom. The monoisotopic (exact) mass is 344 g/mol. The summed E-state index contributed by atoms with van der Waals surface area (Å²) in [7, 11) is 1.71. The van der Waals surface area contributed by atoms with Crippen molar-refractivity contribution in [2.75, 3.05) is 18.0 Å². The van der Waals surface area contributed by atoms with E-state index >= 15 is 0 Å². The van der Waals surface area contributed by atoms with Crippen LogP contribution >= 0.6 is 0 Å². The predicted octanol–water partition coefficient (Wildman–Crippen LogP) is 2.17. The number of hydrogen-bond acceptors (Lipinski definition) is 6. The molecule has 1 aliphatic rings. The minimum absolute atomic E-state index is 0.0165. The maximum absolute atomic E-state index is 12.6. The van der Waals surface area contributed by atoms with Gasteiger partial charge in [-0.1, -0.05) is 0 Å². The van der Waals surface area contributed by atoms with Gasteiger partial charge in [-0.2, -0.15) is 0 Å². The summed E-state index contributed by atoms with van der Waals surface area (Å²) in [4.78, 5) is 29.6. The van der Waals surface area contributed by atoms with Gasteiger partial charge in [0.15, 0.2) is 5.82 Å². The first-order chi connectivity index (χ1) is 11.9. The lowest BCUT2D eigenvalue weighted by Crippen LogP contribution is -2.45. The normalized spacial score (nSPS) is 20.5. The molecular formula is C17H20N4O4. The molecule has 0 amide bonds. The number of aryl methyl sites for hydroxylation is 1. The molecule has 3 rings (SSSR count). The molecule has 2 atom stereocenters. The van der Waals surface area contributed by atoms with E-state index in [9.17, 15) is 14.9 Å². The number of nitrogens with zero attached hydrogens (tertiary/aromatic N) is 4. The van der Waals surface area contributed by atoms with Crippen molar-refractivity contribution in [1.29, 1.82) is 0 Å². The molecule has 0 saturated carbocycles. The molecule has 0 N–H and O–H groups in total. The molecule has 1 aliphatic heterocycles. The zero-order chi connectivity index (χ0) is 18.1. The van der Waals surface area contributed by atoms with Gasteiger partial charge in [0.1, 0.15) is 5.69 Å². The van der Waals surface area contributed by atoms with Gasteiger partial charge in [-0.15, -0.1) is 0 Å². The first kappa shape index (κ1) is 17.1. The van der Waals surface area contributed by atoms with Crippen LogP contribution in [-0.4, -0.2) is 45.6 Å². The van der Waals surface area contributed by atoms with Crippen molar-refractivity contribution in [3.05, 3.63) is 52.1 Å². The first-order valence-corrected chi connectivity index (χ1v) is 8.07. The predicted molar refractivity (Wildman–Crippen MR) is 92.0 cm³/mol. The zero-order valence-electron chi connectivity index (χ0n) is 14.4. The van der Waals surface area contributed by atoms with E-state index in [2.05, 4.69) is 4.98 Å². The summed E-state index contributed by atoms with van der Waals surface area (Å²) in [6, 6.07) is 4.58. The Kier molecular flexibility index (Phi) is 4.54. The Morgan fingerprint density at radius 3 is 2.56 bits per heavy atom. The summed E-state index contributed by atoms with van der Waals surface area (Å²) in [5, 5.41) is 11.6. The maximum atomic E-state index is 12.6. The van der Waals surface area contributed by atoms with Gasteiger partial charge in [0.25, 0.3) is 5.69 Å². The summed E-state index contributed by atoms with van der Waals surface area (Å²) >= 11 is 0. The standard InChI is InChI=1S/C17H20N4O4/c1-11-9-20(10-12(2)25-11)14-5-4-13(8-15(14)21(23)24)16(22)17-18-6-7-19(17)3/h4-8,11-12H,9-10H2,1-3H3. The van der Waals surface area contributed by atoms with E-state index in [0.29, 0.717) is 18.8 Å². The van der Waals surface area contributed by atoms with Crippen molar-refractivity contribution in [1.82, 2.24) is 9.55 Å². The van der Waals surface area contributed by atoms with Gasteiger partial charge in [0.2, 0.25) is 5.78 Å². The number of carbonyl (C=O) groups is 1. The number of nitro benzene ring substituents is 1. The molecule has 25 heavy (non-hydrogen) atoms. The van der Waals surface area contributed by atoms with Crippen LogP contribution in [0.4, 0.5) is 11.4 Å². The Balaban J connectivity index is 1.98. The van der Waals surface area contributed by atoms with E-state index in [1.54, 1.807) is 29.9 Å². The number of morpholine rings is 1. The second-order valence-electron chi connectivity index (χ2n) is 6.31. The van der Waals surface area contributed by atoms with Crippen LogP contribution in [-0.2, 0) is 11.8 Å². The number of imidazole rings is 1. The molecular weight excluding hydrogens is 324 g/mol. The SMILES string of the molecule is CC1CN(c2ccc(C(=O)c3nccn3C)cc2[N+](=O)[O-])CC(C)O1. The van der Waals surface area contributed by atoms with Gasteiger partial charge in [-0.25, -0.2) is 4.98 Å². The topological polar surface area (TPSA) is 90.5 Å². The first-order valence-electron chi connectivity index (χ1n) is 8.07. The summed E-state index contributed by atoms with van der Waals surface area (Å²) in [5.41, 5.74) is 0.670. The lowest BCUT2D eigenvalue weighted by Gasteiger charge is -2.36. The molecule has 2 aromatic rings. The Labute approximate surface area is 145 Å². The Bertz CT molecular complexity index is 807. The molecule has 1 fully saturated rings. The van der Waals surface area contributed by atoms with E-state index in [0.717, 1.165) is 0 Å². The fourth-order valence-electron chi connectivity index (χ4n) is 3.17. The lowest BCUT2D eigenvalue weighted by molar-refractivity contribution is -0.384. The van der Waals surface area contributed by atoms with Crippen LogP contribution in [0.2, 0.25) is 0 Å². The van der Waals surface area contributed by atoms with Crippen LogP contribution in [0, 0.1) is 10.1 Å². The number of nitro groups is 1. The van der Waals surface area contributed by atoms with Crippen molar-refractivity contribution in [3.63, 3.8) is 0 Å². The highest BCUT2D eigenvalue weighted by Gasteiger charge is 2.28. The molecule has 2 unspecified atom stereocenters. The van der Waals surface area contributed by atoms with Gasteiger partial charge >= 0.3 is 0 Å². The Hall–Kier alpha value is -2.74. The Morgan fingerprint density at radius 1 is 1.32 bits per heavy atom. The molecule has 0 aliphatic carbocycles. The highest BCUT2D eigenvalue weighted by Crippen LogP contribution is 2.32. The third-order valence-electron chi connectivity index (χ3n) is 4.22. The van der Waals surface area contributed by atoms with Crippen LogP contribution in [0.15, 0.2) is 30.6 Å². The van der Waals surface area contributed by atoms with Crippen molar-refractivity contribution in [3.8, 4) is 0 Å². The number of ketones is 1. The smallest absolute Gasteiger partial charge is 0.293 e. The third kappa shape index (κ3) is 3.39. The van der Waals surface area contributed by atoms with Gasteiger partial charge in [-0.05, 0) is 26.0 Å². The summed E-state index contributed by atoms with van der Waals surface area (Å²) in [6.07, 6.45) is 3.15. The highest BCUT2D eigenvalue weighted by atomic mass is 16.6. The number of ether oxygens (including phenoxy) is 1. The fourth-order valence-corrected chi connectivity index (χ4v) is 3.17. The maximum Gasteiger partial charge on any atom is 0.293 e. The van der Waals surface area contributed by atoms with Gasteiger partial charge in [0.05, 0.1) is 17.1 Å². The number of anilines is 1. The van der Waals surface area contributed by atoms with Crippen molar-refractivity contribution in [2.45, 2.75) is 26.1 Å². The molecule has 0 spiro atoms. The van der Waals surface area contributed by atoms with E-state index < -0.39 is 4.92 Å². The van der Waals surface area contributed by atoms with E-state index in [4.69, 9.17) is 4.74 Å². The molecule has 1 saturated heterocycles. The molecule has 1 aromatic carbocycles. The van der Waals surface area contributed by atoms with Crippen LogP contribution in [0.3, 0.4) is 0 Å². The molecule has 8 nitrogen and oxygen atoms in total. The van der Waals surface area contributed by atoms with Crippen LogP contribution in [0.1, 0.15) is 30.0 Å². The summed E-state index contributed by atoms with van der Waals surface area (Å²) < 4.78 is 7.28. The number of benzene rings is 1. The minimum Gasteiger partial charge on any atom is -0.372 e. The minimum atomic E-state index is -0.449. The quantitative estimate of drug-likeness (QED) is 0.480.